The highest BCUT2D eigenvalue weighted by molar-refractivity contribution is 5.90. The highest BCUT2D eigenvalue weighted by Gasteiger charge is 2.28. The molecule has 0 saturated heterocycles. The number of furan rings is 1. The monoisotopic (exact) mass is 326 g/mol. The van der Waals surface area contributed by atoms with Gasteiger partial charge in [-0.1, -0.05) is 18.2 Å². The largest absolute Gasteiger partial charge is 0.463 e. The first-order valence-corrected chi connectivity index (χ1v) is 7.50. The highest BCUT2D eigenvalue weighted by Crippen LogP contribution is 2.21. The fourth-order valence-electron chi connectivity index (χ4n) is 2.21. The highest BCUT2D eigenvalue weighted by atomic mass is 16.4. The Morgan fingerprint density at radius 1 is 1.29 bits per heavy atom. The summed E-state index contributed by atoms with van der Waals surface area (Å²) in [4.78, 5) is 16.2. The summed E-state index contributed by atoms with van der Waals surface area (Å²) in [7, 11) is 0. The zero-order valence-corrected chi connectivity index (χ0v) is 13.4. The van der Waals surface area contributed by atoms with E-state index in [1.54, 1.807) is 26.0 Å². The van der Waals surface area contributed by atoms with Gasteiger partial charge in [0.25, 0.3) is 5.91 Å². The van der Waals surface area contributed by atoms with Crippen molar-refractivity contribution in [2.45, 2.75) is 19.4 Å². The average Bonchev–Trinajstić information content (AvgIpc) is 3.23. The molecule has 0 aliphatic rings. The number of nitrogens with one attached hydrogen (secondary N) is 1. The number of benzene rings is 1. The molecule has 3 rings (SSSR count). The average molecular weight is 326 g/mol. The lowest BCUT2D eigenvalue weighted by Crippen LogP contribution is -2.38. The molecule has 1 amide bonds. The second-order valence-corrected chi connectivity index (χ2v) is 5.72. The molecule has 1 atom stereocenters. The maximum absolute atomic E-state index is 12.2. The topological polar surface area (TPSA) is 93.2 Å². The molecule has 0 aliphatic carbocycles. The van der Waals surface area contributed by atoms with Crippen molar-refractivity contribution < 1.29 is 14.3 Å². The number of aromatic nitrogens is 3. The molecule has 2 aromatic heterocycles. The Kier molecular flexibility index (Phi) is 4.18. The van der Waals surface area contributed by atoms with Crippen LogP contribution in [0.1, 0.15) is 29.1 Å². The van der Waals surface area contributed by atoms with Crippen LogP contribution in [-0.4, -0.2) is 32.3 Å². The molecule has 24 heavy (non-hydrogen) atoms. The predicted octanol–water partition coefficient (Wildman–Crippen LogP) is 1.81. The third-order valence-corrected chi connectivity index (χ3v) is 3.58. The van der Waals surface area contributed by atoms with Gasteiger partial charge in [-0.15, -0.1) is 5.10 Å². The summed E-state index contributed by atoms with van der Waals surface area (Å²) < 4.78 is 6.93. The maximum atomic E-state index is 12.2. The number of carbonyl (C=O) groups excluding carboxylic acids is 1. The molecule has 0 spiro atoms. The van der Waals surface area contributed by atoms with Crippen LogP contribution in [0.25, 0.3) is 5.69 Å². The molecule has 0 bridgehead atoms. The molecule has 2 N–H and O–H groups in total. The molecule has 124 valence electrons. The van der Waals surface area contributed by atoms with Crippen LogP contribution in [0.5, 0.6) is 0 Å². The van der Waals surface area contributed by atoms with Crippen LogP contribution in [0.2, 0.25) is 0 Å². The van der Waals surface area contributed by atoms with E-state index in [4.69, 9.17) is 4.42 Å². The van der Waals surface area contributed by atoms with Crippen molar-refractivity contribution >= 4 is 5.91 Å². The molecular formula is C17H18N4O3. The number of aliphatic hydroxyl groups is 1. The number of rotatable bonds is 5. The van der Waals surface area contributed by atoms with Gasteiger partial charge in [0.1, 0.15) is 23.4 Å². The minimum absolute atomic E-state index is 0.0152. The number of carbonyl (C=O) groups is 1. The van der Waals surface area contributed by atoms with Gasteiger partial charge >= 0.3 is 0 Å². The Morgan fingerprint density at radius 2 is 2.04 bits per heavy atom. The second-order valence-electron chi connectivity index (χ2n) is 5.72. The lowest BCUT2D eigenvalue weighted by atomic mass is 10.0. The van der Waals surface area contributed by atoms with Crippen molar-refractivity contribution in [3.8, 4) is 5.69 Å². The lowest BCUT2D eigenvalue weighted by Gasteiger charge is -2.20. The van der Waals surface area contributed by atoms with Gasteiger partial charge in [-0.2, -0.15) is 0 Å². The first kappa shape index (κ1) is 15.9. The van der Waals surface area contributed by atoms with Crippen molar-refractivity contribution in [2.24, 2.45) is 0 Å². The third-order valence-electron chi connectivity index (χ3n) is 3.58. The second kappa shape index (κ2) is 6.29. The Bertz CT molecular complexity index is 836. The van der Waals surface area contributed by atoms with Gasteiger partial charge in [0.15, 0.2) is 0 Å². The van der Waals surface area contributed by atoms with E-state index in [0.717, 1.165) is 5.69 Å². The molecule has 2 heterocycles. The van der Waals surface area contributed by atoms with Gasteiger partial charge in [-0.25, -0.2) is 9.67 Å². The lowest BCUT2D eigenvalue weighted by molar-refractivity contribution is 0.0322. The van der Waals surface area contributed by atoms with E-state index in [1.807, 2.05) is 30.3 Å². The van der Waals surface area contributed by atoms with E-state index >= 15 is 0 Å². The summed E-state index contributed by atoms with van der Waals surface area (Å²) in [6.07, 6.45) is 1.47. The van der Waals surface area contributed by atoms with Gasteiger partial charge in [-0.05, 0) is 38.1 Å². The van der Waals surface area contributed by atoms with Crippen molar-refractivity contribution in [2.75, 3.05) is 6.54 Å². The zero-order chi connectivity index (χ0) is 17.2. The van der Waals surface area contributed by atoms with Crippen LogP contribution in [0, 0.1) is 6.92 Å². The standard InChI is InChI=1S/C17H18N4O3/c1-12-8-9-14(24-12)17(2,23)10-18-16(22)15-19-11-21(20-15)13-6-4-3-5-7-13/h3-9,11,23H,10H2,1-2H3,(H,18,22). The summed E-state index contributed by atoms with van der Waals surface area (Å²) in [6, 6.07) is 12.8. The molecule has 0 fully saturated rings. The first-order valence-electron chi connectivity index (χ1n) is 7.50. The summed E-state index contributed by atoms with van der Waals surface area (Å²) >= 11 is 0. The van der Waals surface area contributed by atoms with Gasteiger partial charge in [0.2, 0.25) is 5.82 Å². The fourth-order valence-corrected chi connectivity index (χ4v) is 2.21. The molecule has 1 unspecified atom stereocenters. The Balaban J connectivity index is 1.66. The quantitative estimate of drug-likeness (QED) is 0.746. The normalized spacial score (nSPS) is 13.5. The molecule has 3 aromatic rings. The molecule has 7 nitrogen and oxygen atoms in total. The van der Waals surface area contributed by atoms with E-state index < -0.39 is 11.5 Å². The SMILES string of the molecule is Cc1ccc(C(C)(O)CNC(=O)c2ncn(-c3ccccc3)n2)o1. The van der Waals surface area contributed by atoms with Crippen LogP contribution < -0.4 is 5.32 Å². The number of amides is 1. The Hall–Kier alpha value is -2.93. The molecule has 1 aromatic carbocycles. The van der Waals surface area contributed by atoms with Gasteiger partial charge < -0.3 is 14.8 Å². The van der Waals surface area contributed by atoms with Gasteiger partial charge in [-0.3, -0.25) is 4.79 Å². The summed E-state index contributed by atoms with van der Waals surface area (Å²) in [5.74, 6) is 0.654. The molecule has 7 heteroatoms. The Morgan fingerprint density at radius 3 is 2.71 bits per heavy atom. The number of aryl methyl sites for hydroxylation is 1. The maximum Gasteiger partial charge on any atom is 0.291 e. The van der Waals surface area contributed by atoms with E-state index in [1.165, 1.54) is 11.0 Å². The first-order chi connectivity index (χ1) is 11.5. The van der Waals surface area contributed by atoms with Crippen molar-refractivity contribution in [3.05, 3.63) is 66.1 Å². The molecular weight excluding hydrogens is 308 g/mol. The zero-order valence-electron chi connectivity index (χ0n) is 13.4. The number of nitrogens with zero attached hydrogens (tertiary/aromatic N) is 3. The van der Waals surface area contributed by atoms with Crippen molar-refractivity contribution in [3.63, 3.8) is 0 Å². The summed E-state index contributed by atoms with van der Waals surface area (Å²) in [5.41, 5.74) is -0.506. The van der Waals surface area contributed by atoms with Crippen LogP contribution >= 0.6 is 0 Å². The Labute approximate surface area is 138 Å². The summed E-state index contributed by atoms with van der Waals surface area (Å²) in [5, 5.41) is 17.2. The smallest absolute Gasteiger partial charge is 0.291 e. The van der Waals surface area contributed by atoms with Crippen LogP contribution in [0.4, 0.5) is 0 Å². The van der Waals surface area contributed by atoms with Crippen LogP contribution in [0.3, 0.4) is 0 Å². The predicted molar refractivity (Wildman–Crippen MR) is 86.7 cm³/mol. The minimum Gasteiger partial charge on any atom is -0.463 e. The summed E-state index contributed by atoms with van der Waals surface area (Å²) in [6.45, 7) is 3.35. The number of hydrogen-bond acceptors (Lipinski definition) is 5. The van der Waals surface area contributed by atoms with Crippen molar-refractivity contribution in [1.82, 2.24) is 20.1 Å². The van der Waals surface area contributed by atoms with Crippen LogP contribution in [-0.2, 0) is 5.60 Å². The number of para-hydroxylation sites is 1. The number of hydrogen-bond donors (Lipinski definition) is 2. The van der Waals surface area contributed by atoms with Gasteiger partial charge in [0, 0.05) is 0 Å². The fraction of sp³-hybridized carbons (Fsp3) is 0.235. The van der Waals surface area contributed by atoms with Crippen LogP contribution in [0.15, 0.2) is 53.2 Å². The van der Waals surface area contributed by atoms with E-state index in [0.29, 0.717) is 11.5 Å². The third kappa shape index (κ3) is 3.36. The van der Waals surface area contributed by atoms with Crippen molar-refractivity contribution in [1.29, 1.82) is 0 Å². The molecule has 0 saturated carbocycles. The van der Waals surface area contributed by atoms with E-state index in [2.05, 4.69) is 15.4 Å². The molecule has 0 aliphatic heterocycles. The molecule has 0 radical (unpaired) electrons. The minimum atomic E-state index is -1.31. The van der Waals surface area contributed by atoms with E-state index in [-0.39, 0.29) is 12.4 Å². The van der Waals surface area contributed by atoms with Gasteiger partial charge in [0.05, 0.1) is 12.2 Å². The van der Waals surface area contributed by atoms with E-state index in [9.17, 15) is 9.90 Å².